The average Bonchev–Trinajstić information content (AvgIpc) is 3.51. The Balaban J connectivity index is 1.35. The highest BCUT2D eigenvalue weighted by molar-refractivity contribution is 7.08. The molecule has 50 heavy (non-hydrogen) atoms. The number of amides is 3. The standard InChI is InChI=1S/C37H48N6O6S/c1-7-48-34(46)37-19-25(37)13-11-9-8-10-12-14-28(38-35(47)49-36(4,5)6)33(45)42-20-26(17-30(42)32(44)39-37)43-40-29-18-27(24-15-16-50-21-24)22(2)23(3)31(29)41-43/h11,13,15-16,18,21,25-26,28,30H,7-10,12,14,17,19-20H2,1-6H3,(H,38,47)(H,39,44)/t25-,26?,28+,30+,37-/m1/s1. The van der Waals surface area contributed by atoms with Gasteiger partial charge in [0.25, 0.3) is 0 Å². The van der Waals surface area contributed by atoms with Gasteiger partial charge in [-0.15, -0.1) is 0 Å². The number of aromatic nitrogens is 3. The molecule has 1 aliphatic carbocycles. The van der Waals surface area contributed by atoms with Crippen molar-refractivity contribution in [3.8, 4) is 11.1 Å². The second-order valence-electron chi connectivity index (χ2n) is 14.7. The van der Waals surface area contributed by atoms with Crippen LogP contribution in [-0.4, -0.2) is 80.1 Å². The van der Waals surface area contributed by atoms with Crippen molar-refractivity contribution in [3.63, 3.8) is 0 Å². The number of allylic oxidation sites excluding steroid dienone is 1. The van der Waals surface area contributed by atoms with Gasteiger partial charge in [0.1, 0.15) is 34.3 Å². The van der Waals surface area contributed by atoms with Gasteiger partial charge in [-0.2, -0.15) is 26.3 Å². The molecule has 2 fully saturated rings. The molecule has 0 bridgehead atoms. The van der Waals surface area contributed by atoms with Gasteiger partial charge in [-0.3, -0.25) is 9.59 Å². The van der Waals surface area contributed by atoms with Gasteiger partial charge in [0.15, 0.2) is 0 Å². The lowest BCUT2D eigenvalue weighted by molar-refractivity contribution is -0.150. The maximum absolute atomic E-state index is 14.5. The van der Waals surface area contributed by atoms with Gasteiger partial charge in [0.05, 0.1) is 12.6 Å². The number of hydrogen-bond donors (Lipinski definition) is 2. The van der Waals surface area contributed by atoms with Crippen LogP contribution >= 0.6 is 11.3 Å². The van der Waals surface area contributed by atoms with Crippen molar-refractivity contribution in [1.82, 2.24) is 30.5 Å². The van der Waals surface area contributed by atoms with E-state index in [4.69, 9.17) is 19.7 Å². The van der Waals surface area contributed by atoms with Gasteiger partial charge in [-0.1, -0.05) is 25.0 Å². The Morgan fingerprint density at radius 2 is 1.94 bits per heavy atom. The number of nitrogens with zero attached hydrogens (tertiary/aromatic N) is 4. The number of aryl methyl sites for hydroxylation is 1. The van der Waals surface area contributed by atoms with Crippen LogP contribution in [0.15, 0.2) is 35.0 Å². The van der Waals surface area contributed by atoms with Crippen LogP contribution in [0.25, 0.3) is 22.2 Å². The summed E-state index contributed by atoms with van der Waals surface area (Å²) in [6.45, 7) is 11.5. The number of esters is 1. The number of thiophene rings is 1. The normalized spacial score (nSPS) is 26.0. The Labute approximate surface area is 296 Å². The number of hydrogen-bond acceptors (Lipinski definition) is 9. The third kappa shape index (κ3) is 7.28. The molecule has 2 N–H and O–H groups in total. The number of fused-ring (bicyclic) bond motifs is 3. The van der Waals surface area contributed by atoms with E-state index in [0.29, 0.717) is 19.3 Å². The average molecular weight is 705 g/mol. The zero-order valence-corrected chi connectivity index (χ0v) is 30.6. The third-order valence-corrected chi connectivity index (χ3v) is 10.7. The van der Waals surface area contributed by atoms with E-state index in [1.165, 1.54) is 4.90 Å². The molecule has 12 nitrogen and oxygen atoms in total. The number of nitrogens with one attached hydrogen (secondary N) is 2. The molecule has 2 aromatic heterocycles. The van der Waals surface area contributed by atoms with Crippen molar-refractivity contribution in [1.29, 1.82) is 0 Å². The van der Waals surface area contributed by atoms with Crippen molar-refractivity contribution in [2.24, 2.45) is 5.92 Å². The van der Waals surface area contributed by atoms with Crippen LogP contribution < -0.4 is 10.6 Å². The molecule has 0 spiro atoms. The van der Waals surface area contributed by atoms with Gasteiger partial charge < -0.3 is 25.0 Å². The number of benzene rings is 1. The summed E-state index contributed by atoms with van der Waals surface area (Å²) in [5, 5.41) is 19.8. The van der Waals surface area contributed by atoms with Gasteiger partial charge in [0.2, 0.25) is 11.8 Å². The quantitative estimate of drug-likeness (QED) is 0.252. The fraction of sp³-hybridized carbons (Fsp3) is 0.568. The third-order valence-electron chi connectivity index (χ3n) is 10.0. The zero-order chi connectivity index (χ0) is 35.8. The first-order valence-electron chi connectivity index (χ1n) is 17.7. The number of rotatable bonds is 5. The monoisotopic (exact) mass is 704 g/mol. The van der Waals surface area contributed by atoms with Crippen molar-refractivity contribution in [3.05, 3.63) is 46.2 Å². The number of ether oxygens (including phenoxy) is 2. The maximum atomic E-state index is 14.5. The SMILES string of the molecule is CCOC(=O)[C@@]12C[C@H]1C=CCCCCC[C@H](NC(=O)OC(C)(C)C)C(=O)N1CC(n3nc4cc(-c5ccsc5)c(C)c(C)c4n3)C[C@H]1C(=O)N2. The Kier molecular flexibility index (Phi) is 10.1. The molecular weight excluding hydrogens is 657 g/mol. The van der Waals surface area contributed by atoms with Crippen LogP contribution in [0.4, 0.5) is 4.79 Å². The summed E-state index contributed by atoms with van der Waals surface area (Å²) in [5.74, 6) is -1.50. The summed E-state index contributed by atoms with van der Waals surface area (Å²) < 4.78 is 11.0. The van der Waals surface area contributed by atoms with E-state index >= 15 is 0 Å². The first-order valence-corrected chi connectivity index (χ1v) is 18.6. The predicted molar refractivity (Wildman–Crippen MR) is 190 cm³/mol. The highest BCUT2D eigenvalue weighted by Gasteiger charge is 2.62. The molecular formula is C37H48N6O6S. The molecule has 1 saturated heterocycles. The molecule has 13 heteroatoms. The molecule has 5 atom stereocenters. The van der Waals surface area contributed by atoms with Crippen LogP contribution in [-0.2, 0) is 23.9 Å². The fourth-order valence-corrected chi connectivity index (χ4v) is 7.80. The Morgan fingerprint density at radius 3 is 2.66 bits per heavy atom. The van der Waals surface area contributed by atoms with E-state index < -0.39 is 47.2 Å². The van der Waals surface area contributed by atoms with Gasteiger partial charge in [-0.05, 0) is 112 Å². The highest BCUT2D eigenvalue weighted by atomic mass is 32.1. The molecule has 1 saturated carbocycles. The summed E-state index contributed by atoms with van der Waals surface area (Å²) in [6, 6.07) is 1.85. The molecule has 3 aliphatic rings. The minimum atomic E-state index is -1.18. The Bertz CT molecular complexity index is 1800. The van der Waals surface area contributed by atoms with Crippen LogP contribution in [0.3, 0.4) is 0 Å². The lowest BCUT2D eigenvalue weighted by Crippen LogP contribution is -2.56. The van der Waals surface area contributed by atoms with Crippen LogP contribution in [0.2, 0.25) is 0 Å². The lowest BCUT2D eigenvalue weighted by atomic mass is 9.98. The molecule has 4 heterocycles. The molecule has 2 aliphatic heterocycles. The summed E-state index contributed by atoms with van der Waals surface area (Å²) >= 11 is 1.63. The van der Waals surface area contributed by atoms with Crippen molar-refractivity contribution >= 4 is 46.2 Å². The minimum absolute atomic E-state index is 0.148. The summed E-state index contributed by atoms with van der Waals surface area (Å²) in [6.07, 6.45) is 7.63. The predicted octanol–water partition coefficient (Wildman–Crippen LogP) is 5.77. The largest absolute Gasteiger partial charge is 0.464 e. The highest BCUT2D eigenvalue weighted by Crippen LogP contribution is 2.46. The maximum Gasteiger partial charge on any atom is 0.408 e. The molecule has 6 rings (SSSR count). The van der Waals surface area contributed by atoms with E-state index in [1.807, 2.05) is 24.4 Å². The Morgan fingerprint density at radius 1 is 1.14 bits per heavy atom. The molecule has 3 amide bonds. The Hall–Kier alpha value is -4.26. The molecule has 268 valence electrons. The van der Waals surface area contributed by atoms with E-state index in [-0.39, 0.29) is 31.4 Å². The fourth-order valence-electron chi connectivity index (χ4n) is 7.14. The molecule has 1 unspecified atom stereocenters. The van der Waals surface area contributed by atoms with Crippen molar-refractivity contribution in [2.45, 2.75) is 116 Å². The second-order valence-corrected chi connectivity index (χ2v) is 15.5. The van der Waals surface area contributed by atoms with E-state index in [9.17, 15) is 19.2 Å². The van der Waals surface area contributed by atoms with Crippen LogP contribution in [0.5, 0.6) is 0 Å². The summed E-state index contributed by atoms with van der Waals surface area (Å²) in [5.41, 5.74) is 3.89. The van der Waals surface area contributed by atoms with E-state index in [2.05, 4.69) is 35.1 Å². The van der Waals surface area contributed by atoms with Crippen molar-refractivity contribution < 1.29 is 28.7 Å². The van der Waals surface area contributed by atoms with Gasteiger partial charge in [-0.25, -0.2) is 9.59 Å². The lowest BCUT2D eigenvalue weighted by Gasteiger charge is -2.30. The molecule has 0 radical (unpaired) electrons. The first-order chi connectivity index (χ1) is 23.8. The topological polar surface area (TPSA) is 145 Å². The van der Waals surface area contributed by atoms with Crippen LogP contribution in [0, 0.1) is 19.8 Å². The first kappa shape index (κ1) is 35.6. The van der Waals surface area contributed by atoms with Gasteiger partial charge in [0, 0.05) is 18.9 Å². The summed E-state index contributed by atoms with van der Waals surface area (Å²) in [4.78, 5) is 58.1. The van der Waals surface area contributed by atoms with E-state index in [1.54, 1.807) is 43.8 Å². The number of alkyl carbamates (subject to hydrolysis) is 1. The smallest absolute Gasteiger partial charge is 0.408 e. The molecule has 3 aromatic rings. The van der Waals surface area contributed by atoms with Gasteiger partial charge >= 0.3 is 12.1 Å². The second kappa shape index (κ2) is 14.2. The van der Waals surface area contributed by atoms with E-state index in [0.717, 1.165) is 52.5 Å². The minimum Gasteiger partial charge on any atom is -0.464 e. The van der Waals surface area contributed by atoms with Crippen molar-refractivity contribution in [2.75, 3.05) is 13.2 Å². The number of carbonyl (C=O) groups is 4. The molecule has 1 aromatic carbocycles. The number of carbonyl (C=O) groups excluding carboxylic acids is 4. The zero-order valence-electron chi connectivity index (χ0n) is 29.8. The summed E-state index contributed by atoms with van der Waals surface area (Å²) in [7, 11) is 0. The van der Waals surface area contributed by atoms with Crippen LogP contribution in [0.1, 0.15) is 89.8 Å².